The van der Waals surface area contributed by atoms with Gasteiger partial charge in [0, 0.05) is 12.7 Å². The third-order valence-electron chi connectivity index (χ3n) is 2.37. The summed E-state index contributed by atoms with van der Waals surface area (Å²) in [6.07, 6.45) is -0.0920. The predicted molar refractivity (Wildman–Crippen MR) is 54.6 cm³/mol. The van der Waals surface area contributed by atoms with Gasteiger partial charge in [0.05, 0.1) is 13.0 Å². The lowest BCUT2D eigenvalue weighted by molar-refractivity contribution is -0.136. The van der Waals surface area contributed by atoms with Crippen LogP contribution in [0.15, 0.2) is 12.1 Å². The number of hydrogen-bond acceptors (Lipinski definition) is 4. The largest absolute Gasteiger partial charge is 0.481 e. The molecule has 0 aromatic heterocycles. The molecule has 0 saturated carbocycles. The number of aliphatic carboxylic acids is 1. The van der Waals surface area contributed by atoms with Crippen molar-refractivity contribution < 1.29 is 24.1 Å². The Hall–Kier alpha value is -1.75. The van der Waals surface area contributed by atoms with E-state index in [1.54, 1.807) is 19.2 Å². The van der Waals surface area contributed by atoms with Crippen molar-refractivity contribution in [2.75, 3.05) is 13.9 Å². The van der Waals surface area contributed by atoms with Crippen molar-refractivity contribution in [2.24, 2.45) is 0 Å². The Labute approximate surface area is 92.5 Å². The summed E-state index contributed by atoms with van der Waals surface area (Å²) in [6, 6.07) is 3.57. The molecule has 0 bridgehead atoms. The van der Waals surface area contributed by atoms with Crippen LogP contribution in [0.25, 0.3) is 0 Å². The Kier molecular flexibility index (Phi) is 2.96. The maximum atomic E-state index is 10.8. The quantitative estimate of drug-likeness (QED) is 0.832. The van der Waals surface area contributed by atoms with E-state index in [-0.39, 0.29) is 13.2 Å². The monoisotopic (exact) mass is 224 g/mol. The van der Waals surface area contributed by atoms with Crippen molar-refractivity contribution >= 4 is 5.97 Å². The van der Waals surface area contributed by atoms with Gasteiger partial charge in [-0.25, -0.2) is 0 Å². The summed E-state index contributed by atoms with van der Waals surface area (Å²) in [5.74, 6) is 0.217. The first-order valence-corrected chi connectivity index (χ1v) is 4.83. The second kappa shape index (κ2) is 4.40. The summed E-state index contributed by atoms with van der Waals surface area (Å²) in [6.45, 7) is 0.498. The van der Waals surface area contributed by atoms with Gasteiger partial charge in [0.15, 0.2) is 11.5 Å². The summed E-state index contributed by atoms with van der Waals surface area (Å²) in [5, 5.41) is 8.85. The predicted octanol–water partition coefficient (Wildman–Crippen LogP) is 1.19. The van der Waals surface area contributed by atoms with Gasteiger partial charge in [-0.3, -0.25) is 4.79 Å². The van der Waals surface area contributed by atoms with Crippen molar-refractivity contribution in [3.05, 3.63) is 23.3 Å². The molecule has 5 nitrogen and oxygen atoms in total. The van der Waals surface area contributed by atoms with E-state index < -0.39 is 5.97 Å². The first-order chi connectivity index (χ1) is 7.72. The summed E-state index contributed by atoms with van der Waals surface area (Å²) >= 11 is 0. The minimum atomic E-state index is -0.902. The summed E-state index contributed by atoms with van der Waals surface area (Å²) < 4.78 is 15.5. The molecule has 1 N–H and O–H groups in total. The highest BCUT2D eigenvalue weighted by Crippen LogP contribution is 2.38. The van der Waals surface area contributed by atoms with Gasteiger partial charge in [0.25, 0.3) is 0 Å². The molecule has 1 aromatic rings. The minimum Gasteiger partial charge on any atom is -0.481 e. The second-order valence-electron chi connectivity index (χ2n) is 3.44. The van der Waals surface area contributed by atoms with Crippen LogP contribution in [-0.2, 0) is 22.6 Å². The number of carboxylic acid groups (broad SMARTS) is 1. The van der Waals surface area contributed by atoms with Crippen molar-refractivity contribution in [1.29, 1.82) is 0 Å². The van der Waals surface area contributed by atoms with Gasteiger partial charge in [0.1, 0.15) is 0 Å². The smallest absolute Gasteiger partial charge is 0.307 e. The van der Waals surface area contributed by atoms with Gasteiger partial charge >= 0.3 is 5.97 Å². The van der Waals surface area contributed by atoms with Crippen molar-refractivity contribution in [1.82, 2.24) is 0 Å². The second-order valence-corrected chi connectivity index (χ2v) is 3.44. The van der Waals surface area contributed by atoms with Crippen molar-refractivity contribution in [3.8, 4) is 11.5 Å². The molecule has 1 aromatic carbocycles. The molecule has 0 amide bonds. The molecule has 1 aliphatic heterocycles. The molecule has 0 aliphatic carbocycles. The van der Waals surface area contributed by atoms with Crippen LogP contribution in [0.2, 0.25) is 0 Å². The molecule has 86 valence electrons. The van der Waals surface area contributed by atoms with E-state index in [0.29, 0.717) is 23.7 Å². The average molecular weight is 224 g/mol. The molecule has 0 fully saturated rings. The SMILES string of the molecule is COCc1ccc2c(c1CC(=O)O)OCO2. The van der Waals surface area contributed by atoms with Gasteiger partial charge < -0.3 is 19.3 Å². The number of benzene rings is 1. The molecule has 0 saturated heterocycles. The lowest BCUT2D eigenvalue weighted by Gasteiger charge is -2.09. The Morgan fingerprint density at radius 2 is 2.31 bits per heavy atom. The van der Waals surface area contributed by atoms with E-state index in [9.17, 15) is 4.79 Å². The Morgan fingerprint density at radius 3 is 3.00 bits per heavy atom. The number of carbonyl (C=O) groups is 1. The van der Waals surface area contributed by atoms with Crippen LogP contribution < -0.4 is 9.47 Å². The molecular weight excluding hydrogens is 212 g/mol. The van der Waals surface area contributed by atoms with E-state index in [1.165, 1.54) is 0 Å². The molecular formula is C11H12O5. The highest BCUT2D eigenvalue weighted by atomic mass is 16.7. The van der Waals surface area contributed by atoms with E-state index >= 15 is 0 Å². The molecule has 0 spiro atoms. The number of fused-ring (bicyclic) bond motifs is 1. The Balaban J connectivity index is 2.42. The van der Waals surface area contributed by atoms with Gasteiger partial charge in [-0.1, -0.05) is 6.07 Å². The molecule has 2 rings (SSSR count). The van der Waals surface area contributed by atoms with E-state index in [0.717, 1.165) is 5.56 Å². The van der Waals surface area contributed by atoms with Crippen LogP contribution in [0.3, 0.4) is 0 Å². The molecule has 5 heteroatoms. The normalized spacial score (nSPS) is 12.8. The highest BCUT2D eigenvalue weighted by molar-refractivity contribution is 5.73. The zero-order valence-electron chi connectivity index (χ0n) is 8.86. The molecule has 0 unspecified atom stereocenters. The number of rotatable bonds is 4. The van der Waals surface area contributed by atoms with Crippen molar-refractivity contribution in [2.45, 2.75) is 13.0 Å². The fourth-order valence-electron chi connectivity index (χ4n) is 1.71. The van der Waals surface area contributed by atoms with Gasteiger partial charge in [-0.2, -0.15) is 0 Å². The summed E-state index contributed by atoms with van der Waals surface area (Å²) in [7, 11) is 1.56. The van der Waals surface area contributed by atoms with Crippen LogP contribution in [-0.4, -0.2) is 25.0 Å². The minimum absolute atomic E-state index is 0.0920. The molecule has 1 aliphatic rings. The lowest BCUT2D eigenvalue weighted by atomic mass is 10.0. The van der Waals surface area contributed by atoms with Crippen LogP contribution in [0.1, 0.15) is 11.1 Å². The Bertz CT molecular complexity index is 413. The lowest BCUT2D eigenvalue weighted by Crippen LogP contribution is -2.06. The third kappa shape index (κ3) is 1.94. The third-order valence-corrected chi connectivity index (χ3v) is 2.37. The number of ether oxygens (including phenoxy) is 3. The van der Waals surface area contributed by atoms with Crippen LogP contribution >= 0.6 is 0 Å². The highest BCUT2D eigenvalue weighted by Gasteiger charge is 2.22. The van der Waals surface area contributed by atoms with Crippen LogP contribution in [0.5, 0.6) is 11.5 Å². The zero-order chi connectivity index (χ0) is 11.5. The Morgan fingerprint density at radius 1 is 1.50 bits per heavy atom. The van der Waals surface area contributed by atoms with Crippen LogP contribution in [0, 0.1) is 0 Å². The number of hydrogen-bond donors (Lipinski definition) is 1. The standard InChI is InChI=1S/C11H12O5/c1-14-5-7-2-3-9-11(16-6-15-9)8(7)4-10(12)13/h2-3H,4-6H2,1H3,(H,12,13). The first kappa shape index (κ1) is 10.8. The van der Waals surface area contributed by atoms with Gasteiger partial charge in [-0.15, -0.1) is 0 Å². The van der Waals surface area contributed by atoms with Crippen molar-refractivity contribution in [3.63, 3.8) is 0 Å². The molecule has 0 atom stereocenters. The maximum Gasteiger partial charge on any atom is 0.307 e. The van der Waals surface area contributed by atoms with E-state index in [4.69, 9.17) is 19.3 Å². The topological polar surface area (TPSA) is 65.0 Å². The first-order valence-electron chi connectivity index (χ1n) is 4.83. The molecule has 1 heterocycles. The van der Waals surface area contributed by atoms with E-state index in [2.05, 4.69) is 0 Å². The average Bonchev–Trinajstić information content (AvgIpc) is 2.69. The fourth-order valence-corrected chi connectivity index (χ4v) is 1.71. The summed E-state index contributed by atoms with van der Waals surface area (Å²) in [5.41, 5.74) is 1.44. The summed E-state index contributed by atoms with van der Waals surface area (Å²) in [4.78, 5) is 10.8. The van der Waals surface area contributed by atoms with Gasteiger partial charge in [-0.05, 0) is 11.6 Å². The van der Waals surface area contributed by atoms with Gasteiger partial charge in [0.2, 0.25) is 6.79 Å². The number of methoxy groups -OCH3 is 1. The fraction of sp³-hybridized carbons (Fsp3) is 0.364. The maximum absolute atomic E-state index is 10.8. The molecule has 0 radical (unpaired) electrons. The number of carboxylic acids is 1. The van der Waals surface area contributed by atoms with Crippen LogP contribution in [0.4, 0.5) is 0 Å². The van der Waals surface area contributed by atoms with E-state index in [1.807, 2.05) is 0 Å². The molecule has 16 heavy (non-hydrogen) atoms. The zero-order valence-corrected chi connectivity index (χ0v) is 8.86.